The third-order valence-electron chi connectivity index (χ3n) is 9.36. The molecule has 3 aromatic carbocycles. The number of nitro groups is 2. The van der Waals surface area contributed by atoms with E-state index in [-0.39, 0.29) is 34.3 Å². The summed E-state index contributed by atoms with van der Waals surface area (Å²) < 4.78 is 44.0. The van der Waals surface area contributed by atoms with E-state index in [4.69, 9.17) is 5.10 Å². The number of hydrogen-bond donors (Lipinski definition) is 0. The van der Waals surface area contributed by atoms with Crippen molar-refractivity contribution in [1.29, 1.82) is 0 Å². The zero-order valence-electron chi connectivity index (χ0n) is 27.8. The average Bonchev–Trinajstić information content (AvgIpc) is 3.73. The molecule has 1 aliphatic carbocycles. The van der Waals surface area contributed by atoms with Crippen molar-refractivity contribution in [2.24, 2.45) is 11.0 Å². The molecule has 0 radical (unpaired) electrons. The summed E-state index contributed by atoms with van der Waals surface area (Å²) in [5.74, 6) is -1.05. The summed E-state index contributed by atoms with van der Waals surface area (Å²) in [6, 6.07) is 20.1. The molecule has 2 atom stereocenters. The second-order valence-corrected chi connectivity index (χ2v) is 13.1. The van der Waals surface area contributed by atoms with Crippen LogP contribution in [0.15, 0.2) is 95.6 Å². The first kappa shape index (κ1) is 34.2. The Morgan fingerprint density at radius 3 is 2.31 bits per heavy atom. The van der Waals surface area contributed by atoms with Crippen molar-refractivity contribution in [3.05, 3.63) is 139 Å². The number of allylic oxidation sites excluding steroid dienone is 1. The SMILES string of the molecule is CC(C)c1ccc(-c2cc(C(F)(F)F)n3nc(C(=O)N4N=C5/C(=C/c6cccc([N+](=O)[O-])c6)CCC[C@H]5[C@@H]4c4cccc([N+](=O)[O-])c4)cc3n2)cc1. The van der Waals surface area contributed by atoms with Gasteiger partial charge in [0, 0.05) is 41.8 Å². The maximum absolute atomic E-state index is 14.5. The van der Waals surface area contributed by atoms with Crippen LogP contribution < -0.4 is 0 Å². The van der Waals surface area contributed by atoms with Gasteiger partial charge in [0.2, 0.25) is 0 Å². The van der Waals surface area contributed by atoms with Gasteiger partial charge in [-0.1, -0.05) is 62.4 Å². The molecule has 1 saturated carbocycles. The maximum atomic E-state index is 14.5. The Morgan fingerprint density at radius 2 is 1.63 bits per heavy atom. The topological polar surface area (TPSA) is 149 Å². The van der Waals surface area contributed by atoms with Crippen molar-refractivity contribution in [2.75, 3.05) is 0 Å². The molecule has 0 spiro atoms. The van der Waals surface area contributed by atoms with E-state index in [1.54, 1.807) is 36.4 Å². The van der Waals surface area contributed by atoms with Crippen LogP contribution in [0.5, 0.6) is 0 Å². The van der Waals surface area contributed by atoms with E-state index in [2.05, 4.69) is 10.1 Å². The molecule has 52 heavy (non-hydrogen) atoms. The summed E-state index contributed by atoms with van der Waals surface area (Å²) >= 11 is 0. The third kappa shape index (κ3) is 6.40. The van der Waals surface area contributed by atoms with Gasteiger partial charge in [0.05, 0.1) is 27.3 Å². The molecule has 3 heterocycles. The highest BCUT2D eigenvalue weighted by Crippen LogP contribution is 2.45. The monoisotopic (exact) mass is 709 g/mol. The molecule has 0 saturated heterocycles. The van der Waals surface area contributed by atoms with Crippen molar-refractivity contribution < 1.29 is 27.8 Å². The number of carbonyl (C=O) groups is 1. The molecule has 5 aromatic rings. The Kier molecular flexibility index (Phi) is 8.64. The van der Waals surface area contributed by atoms with E-state index in [0.717, 1.165) is 16.6 Å². The molecule has 1 aliphatic heterocycles. The lowest BCUT2D eigenvalue weighted by Gasteiger charge is -2.29. The van der Waals surface area contributed by atoms with Gasteiger partial charge in [0.15, 0.2) is 17.0 Å². The molecular formula is C37H30F3N7O5. The molecule has 2 aromatic heterocycles. The van der Waals surface area contributed by atoms with Crippen molar-refractivity contribution in [1.82, 2.24) is 19.6 Å². The molecule has 0 N–H and O–H groups in total. The van der Waals surface area contributed by atoms with E-state index < -0.39 is 39.6 Å². The van der Waals surface area contributed by atoms with Gasteiger partial charge in [-0.3, -0.25) is 25.0 Å². The van der Waals surface area contributed by atoms with Gasteiger partial charge in [0.25, 0.3) is 17.3 Å². The Bertz CT molecular complexity index is 2310. The second-order valence-electron chi connectivity index (χ2n) is 13.1. The molecule has 12 nitrogen and oxygen atoms in total. The Hall–Kier alpha value is -6.25. The summed E-state index contributed by atoms with van der Waals surface area (Å²) in [4.78, 5) is 40.9. The molecular weight excluding hydrogens is 679 g/mol. The van der Waals surface area contributed by atoms with E-state index in [1.807, 2.05) is 26.0 Å². The van der Waals surface area contributed by atoms with Gasteiger partial charge in [-0.25, -0.2) is 14.5 Å². The third-order valence-corrected chi connectivity index (χ3v) is 9.36. The molecule has 7 rings (SSSR count). The number of amides is 1. The number of carbonyl (C=O) groups excluding carboxylic acids is 1. The Labute approximate surface area is 294 Å². The predicted octanol–water partition coefficient (Wildman–Crippen LogP) is 8.79. The highest BCUT2D eigenvalue weighted by molar-refractivity contribution is 6.09. The zero-order valence-corrected chi connectivity index (χ0v) is 27.8. The number of alkyl halides is 3. The fourth-order valence-electron chi connectivity index (χ4n) is 6.84. The molecule has 2 aliphatic rings. The van der Waals surface area contributed by atoms with Gasteiger partial charge in [-0.05, 0) is 59.6 Å². The van der Waals surface area contributed by atoms with Crippen LogP contribution >= 0.6 is 0 Å². The fourth-order valence-corrected chi connectivity index (χ4v) is 6.84. The van der Waals surface area contributed by atoms with Gasteiger partial charge >= 0.3 is 6.18 Å². The number of halogens is 3. The van der Waals surface area contributed by atoms with Crippen molar-refractivity contribution in [3.8, 4) is 11.3 Å². The molecule has 1 amide bonds. The van der Waals surface area contributed by atoms with Gasteiger partial charge in [0.1, 0.15) is 0 Å². The largest absolute Gasteiger partial charge is 0.433 e. The standard InChI is InChI=1S/C37H30F3N7O5/c1-21(2)23-12-14-24(15-13-23)30-19-32(37(38,39)40)44-33(41-30)20-31(42-44)36(48)45-35(26-8-4-10-28(18-26)47(51)52)29-11-5-7-25(34(29)43-45)16-22-6-3-9-27(17-22)46(49)50/h3-4,6,8-10,12-21,29,35H,5,7,11H2,1-2H3/b25-16+/t29-,35+/m1/s1. The first-order chi connectivity index (χ1) is 24.8. The predicted molar refractivity (Wildman–Crippen MR) is 185 cm³/mol. The number of hydrazone groups is 1. The van der Waals surface area contributed by atoms with Gasteiger partial charge < -0.3 is 0 Å². The average molecular weight is 710 g/mol. The summed E-state index contributed by atoms with van der Waals surface area (Å²) in [6.45, 7) is 4.01. The van der Waals surface area contributed by atoms with Gasteiger partial charge in [-0.15, -0.1) is 0 Å². The van der Waals surface area contributed by atoms with E-state index in [1.165, 1.54) is 36.4 Å². The smallest absolute Gasteiger partial charge is 0.265 e. The second kappa shape index (κ2) is 13.1. The van der Waals surface area contributed by atoms with Crippen LogP contribution in [-0.4, -0.2) is 41.1 Å². The molecule has 264 valence electrons. The van der Waals surface area contributed by atoms with E-state index in [9.17, 15) is 38.2 Å². The van der Waals surface area contributed by atoms with Crippen LogP contribution in [0.1, 0.15) is 77.9 Å². The normalized spacial score (nSPS) is 18.2. The molecule has 0 unspecified atom stereocenters. The summed E-state index contributed by atoms with van der Waals surface area (Å²) in [6.07, 6.45) is -1.34. The highest BCUT2D eigenvalue weighted by atomic mass is 19.4. The Balaban J connectivity index is 1.34. The number of rotatable bonds is 7. The van der Waals surface area contributed by atoms with Crippen molar-refractivity contribution in [2.45, 2.75) is 51.2 Å². The minimum atomic E-state index is -4.85. The van der Waals surface area contributed by atoms with Crippen LogP contribution in [0.25, 0.3) is 23.0 Å². The number of fused-ring (bicyclic) bond motifs is 2. The Morgan fingerprint density at radius 1 is 0.942 bits per heavy atom. The number of hydrogen-bond acceptors (Lipinski definition) is 8. The number of aromatic nitrogens is 3. The van der Waals surface area contributed by atoms with Crippen molar-refractivity contribution in [3.63, 3.8) is 0 Å². The number of non-ortho nitro benzene ring substituents is 2. The van der Waals surface area contributed by atoms with Gasteiger partial charge in [-0.2, -0.15) is 23.4 Å². The van der Waals surface area contributed by atoms with Crippen LogP contribution in [0.2, 0.25) is 0 Å². The summed E-state index contributed by atoms with van der Waals surface area (Å²) in [7, 11) is 0. The van der Waals surface area contributed by atoms with Crippen LogP contribution in [0.4, 0.5) is 24.5 Å². The van der Waals surface area contributed by atoms with E-state index >= 15 is 0 Å². The minimum Gasteiger partial charge on any atom is -0.265 e. The van der Waals surface area contributed by atoms with Crippen LogP contribution in [-0.2, 0) is 6.18 Å². The summed E-state index contributed by atoms with van der Waals surface area (Å²) in [5, 5.41) is 33.1. The molecule has 15 heteroatoms. The maximum Gasteiger partial charge on any atom is 0.433 e. The lowest BCUT2D eigenvalue weighted by Crippen LogP contribution is -2.32. The number of nitrogens with zero attached hydrogens (tertiary/aromatic N) is 7. The molecule has 0 bridgehead atoms. The summed E-state index contributed by atoms with van der Waals surface area (Å²) in [5.41, 5.74) is 1.69. The quantitative estimate of drug-likeness (QED) is 0.121. The lowest BCUT2D eigenvalue weighted by molar-refractivity contribution is -0.385. The number of nitro benzene ring substituents is 2. The molecule has 1 fully saturated rings. The fraction of sp³-hybridized carbons (Fsp3) is 0.243. The lowest BCUT2D eigenvalue weighted by atomic mass is 9.77. The highest BCUT2D eigenvalue weighted by Gasteiger charge is 2.45. The minimum absolute atomic E-state index is 0.0480. The number of benzene rings is 3. The zero-order chi connectivity index (χ0) is 36.9. The van der Waals surface area contributed by atoms with Crippen molar-refractivity contribution >= 4 is 34.7 Å². The first-order valence-corrected chi connectivity index (χ1v) is 16.5. The van der Waals surface area contributed by atoms with Crippen LogP contribution in [0, 0.1) is 26.1 Å². The first-order valence-electron chi connectivity index (χ1n) is 16.5. The van der Waals surface area contributed by atoms with E-state index in [0.29, 0.717) is 51.8 Å². The van der Waals surface area contributed by atoms with Crippen LogP contribution in [0.3, 0.4) is 0 Å².